The Labute approximate surface area is 119 Å². The zero-order valence-electron chi connectivity index (χ0n) is 11.7. The first-order valence-corrected chi connectivity index (χ1v) is 8.47. The summed E-state index contributed by atoms with van der Waals surface area (Å²) in [5.41, 5.74) is 0. The monoisotopic (exact) mass is 306 g/mol. The number of hydrogen-bond donors (Lipinski definition) is 2. The average Bonchev–Trinajstić information content (AvgIpc) is 2.70. The van der Waals surface area contributed by atoms with Crippen molar-refractivity contribution in [1.82, 2.24) is 9.62 Å². The zero-order valence-corrected chi connectivity index (χ0v) is 12.5. The van der Waals surface area contributed by atoms with Crippen molar-refractivity contribution >= 4 is 21.9 Å². The van der Waals surface area contributed by atoms with Gasteiger partial charge in [0.25, 0.3) is 0 Å². The number of aliphatic carboxylic acids is 1. The molecule has 1 rings (SSSR count). The van der Waals surface area contributed by atoms with Gasteiger partial charge in [0.05, 0.1) is 5.75 Å². The summed E-state index contributed by atoms with van der Waals surface area (Å²) >= 11 is 0. The first-order valence-electron chi connectivity index (χ1n) is 6.87. The van der Waals surface area contributed by atoms with E-state index in [0.29, 0.717) is 19.4 Å². The van der Waals surface area contributed by atoms with Crippen molar-refractivity contribution in [1.29, 1.82) is 0 Å². The number of hydrogen-bond acceptors (Lipinski definition) is 4. The van der Waals surface area contributed by atoms with Crippen LogP contribution in [0.15, 0.2) is 0 Å². The van der Waals surface area contributed by atoms with E-state index in [-0.39, 0.29) is 18.7 Å². The maximum absolute atomic E-state index is 11.7. The maximum atomic E-state index is 11.7. The lowest BCUT2D eigenvalue weighted by atomic mass is 10.1. The highest BCUT2D eigenvalue weighted by molar-refractivity contribution is 7.89. The fourth-order valence-electron chi connectivity index (χ4n) is 2.10. The normalized spacial score (nSPS) is 19.6. The van der Waals surface area contributed by atoms with Gasteiger partial charge in [-0.1, -0.05) is 19.8 Å². The molecule has 0 aromatic rings. The number of rotatable bonds is 8. The molecule has 0 radical (unpaired) electrons. The lowest BCUT2D eigenvalue weighted by Gasteiger charge is -2.16. The van der Waals surface area contributed by atoms with Crippen LogP contribution in [0.25, 0.3) is 0 Å². The van der Waals surface area contributed by atoms with E-state index in [1.165, 1.54) is 4.31 Å². The van der Waals surface area contributed by atoms with Crippen molar-refractivity contribution in [3.8, 4) is 0 Å². The summed E-state index contributed by atoms with van der Waals surface area (Å²) in [7, 11) is -3.20. The van der Waals surface area contributed by atoms with Gasteiger partial charge in [0, 0.05) is 19.5 Å². The van der Waals surface area contributed by atoms with Crippen LogP contribution in [0.4, 0.5) is 0 Å². The van der Waals surface area contributed by atoms with Gasteiger partial charge in [-0.15, -0.1) is 0 Å². The van der Waals surface area contributed by atoms with Gasteiger partial charge in [-0.3, -0.25) is 4.79 Å². The molecule has 0 unspecified atom stereocenters. The number of sulfonamides is 1. The smallest absolute Gasteiger partial charge is 0.326 e. The molecule has 1 aliphatic heterocycles. The highest BCUT2D eigenvalue weighted by Crippen LogP contribution is 2.13. The molecule has 0 saturated carbocycles. The molecule has 0 bridgehead atoms. The van der Waals surface area contributed by atoms with Crippen molar-refractivity contribution < 1.29 is 23.1 Å². The number of amides is 1. The number of carboxylic acid groups (broad SMARTS) is 1. The Kier molecular flexibility index (Phi) is 6.41. The van der Waals surface area contributed by atoms with Gasteiger partial charge in [0.15, 0.2) is 0 Å². The molecule has 0 spiro atoms. The van der Waals surface area contributed by atoms with Crippen LogP contribution in [0.1, 0.15) is 39.0 Å². The molecule has 1 heterocycles. The molecule has 1 amide bonds. The van der Waals surface area contributed by atoms with Crippen molar-refractivity contribution in [3.63, 3.8) is 0 Å². The predicted molar refractivity (Wildman–Crippen MR) is 73.7 cm³/mol. The molecule has 2 N–H and O–H groups in total. The van der Waals surface area contributed by atoms with E-state index in [4.69, 9.17) is 5.11 Å². The second-order valence-corrected chi connectivity index (χ2v) is 7.01. The number of carbonyl (C=O) groups is 2. The number of nitrogens with one attached hydrogen (secondary N) is 1. The minimum atomic E-state index is -3.20. The molecule has 1 atom stereocenters. The fraction of sp³-hybridized carbons (Fsp3) is 0.833. The predicted octanol–water partition coefficient (Wildman–Crippen LogP) is 0.172. The topological polar surface area (TPSA) is 104 Å². The fourth-order valence-corrected chi connectivity index (χ4v) is 3.63. The third kappa shape index (κ3) is 5.09. The summed E-state index contributed by atoms with van der Waals surface area (Å²) in [5, 5.41) is 11.4. The average molecular weight is 306 g/mol. The maximum Gasteiger partial charge on any atom is 0.326 e. The summed E-state index contributed by atoms with van der Waals surface area (Å²) in [6, 6.07) is -0.891. The summed E-state index contributed by atoms with van der Waals surface area (Å²) in [4.78, 5) is 22.7. The minimum Gasteiger partial charge on any atom is -0.480 e. The molecule has 1 aliphatic rings. The second kappa shape index (κ2) is 7.58. The lowest BCUT2D eigenvalue weighted by molar-refractivity contribution is -0.142. The highest BCUT2D eigenvalue weighted by Gasteiger charge is 2.28. The summed E-state index contributed by atoms with van der Waals surface area (Å²) in [6.07, 6.45) is 2.54. The van der Waals surface area contributed by atoms with Gasteiger partial charge in [0.1, 0.15) is 6.04 Å². The van der Waals surface area contributed by atoms with E-state index < -0.39 is 27.9 Å². The van der Waals surface area contributed by atoms with Crippen LogP contribution < -0.4 is 5.32 Å². The number of carbonyl (C=O) groups excluding carboxylic acids is 1. The number of unbranched alkanes of at least 4 members (excludes halogenated alkanes) is 1. The van der Waals surface area contributed by atoms with Crippen LogP contribution in [-0.4, -0.2) is 54.6 Å². The molecule has 0 aliphatic carbocycles. The Morgan fingerprint density at radius 3 is 2.60 bits per heavy atom. The first kappa shape index (κ1) is 16.9. The Morgan fingerprint density at radius 1 is 1.40 bits per heavy atom. The summed E-state index contributed by atoms with van der Waals surface area (Å²) < 4.78 is 24.4. The summed E-state index contributed by atoms with van der Waals surface area (Å²) in [6.45, 7) is 2.50. The van der Waals surface area contributed by atoms with Crippen LogP contribution in [0, 0.1) is 0 Å². The molecular weight excluding hydrogens is 284 g/mol. The molecule has 1 fully saturated rings. The SMILES string of the molecule is CCCC[C@H](NC(=O)CCN1CCCS1(=O)=O)C(=O)O. The van der Waals surface area contributed by atoms with Gasteiger partial charge in [-0.25, -0.2) is 17.5 Å². The van der Waals surface area contributed by atoms with Crippen LogP contribution in [0.2, 0.25) is 0 Å². The molecule has 116 valence electrons. The van der Waals surface area contributed by atoms with Crippen molar-refractivity contribution in [3.05, 3.63) is 0 Å². The molecule has 0 aromatic carbocycles. The molecule has 0 aromatic heterocycles. The Bertz CT molecular complexity index is 449. The van der Waals surface area contributed by atoms with E-state index in [1.807, 2.05) is 6.92 Å². The molecule has 8 heteroatoms. The van der Waals surface area contributed by atoms with Gasteiger partial charge >= 0.3 is 5.97 Å². The number of carboxylic acids is 1. The van der Waals surface area contributed by atoms with E-state index in [1.54, 1.807) is 0 Å². The highest BCUT2D eigenvalue weighted by atomic mass is 32.2. The van der Waals surface area contributed by atoms with Crippen LogP contribution in [0.5, 0.6) is 0 Å². The zero-order chi connectivity index (χ0) is 15.2. The third-order valence-corrected chi connectivity index (χ3v) is 5.23. The van der Waals surface area contributed by atoms with E-state index >= 15 is 0 Å². The van der Waals surface area contributed by atoms with Gasteiger partial charge in [0.2, 0.25) is 15.9 Å². The van der Waals surface area contributed by atoms with Crippen molar-refractivity contribution in [2.75, 3.05) is 18.8 Å². The largest absolute Gasteiger partial charge is 0.480 e. The third-order valence-electron chi connectivity index (χ3n) is 3.27. The van der Waals surface area contributed by atoms with Crippen molar-refractivity contribution in [2.45, 2.75) is 45.1 Å². The number of nitrogens with zero attached hydrogens (tertiary/aromatic N) is 1. The van der Waals surface area contributed by atoms with Gasteiger partial charge in [-0.05, 0) is 12.8 Å². The van der Waals surface area contributed by atoms with E-state index in [0.717, 1.165) is 12.8 Å². The molecule has 1 saturated heterocycles. The Hall–Kier alpha value is -1.15. The van der Waals surface area contributed by atoms with Crippen LogP contribution in [-0.2, 0) is 19.6 Å². The van der Waals surface area contributed by atoms with Gasteiger partial charge < -0.3 is 10.4 Å². The Balaban J connectivity index is 2.40. The molecule has 20 heavy (non-hydrogen) atoms. The quantitative estimate of drug-likeness (QED) is 0.665. The van der Waals surface area contributed by atoms with Crippen molar-refractivity contribution in [2.24, 2.45) is 0 Å². The molecule has 7 nitrogen and oxygen atoms in total. The van der Waals surface area contributed by atoms with E-state index in [9.17, 15) is 18.0 Å². The molecular formula is C12H22N2O5S. The standard InChI is InChI=1S/C12H22N2O5S/c1-2-3-5-10(12(16)17)13-11(15)6-8-14-7-4-9-20(14,18)19/h10H,2-9H2,1H3,(H,13,15)(H,16,17)/t10-/m0/s1. The second-order valence-electron chi connectivity index (χ2n) is 4.92. The summed E-state index contributed by atoms with van der Waals surface area (Å²) in [5.74, 6) is -1.35. The Morgan fingerprint density at radius 2 is 2.10 bits per heavy atom. The van der Waals surface area contributed by atoms with E-state index in [2.05, 4.69) is 5.32 Å². The van der Waals surface area contributed by atoms with Gasteiger partial charge in [-0.2, -0.15) is 0 Å². The van der Waals surface area contributed by atoms with Crippen LogP contribution >= 0.6 is 0 Å². The van der Waals surface area contributed by atoms with Crippen LogP contribution in [0.3, 0.4) is 0 Å². The minimum absolute atomic E-state index is 0.00483. The first-order chi connectivity index (χ1) is 9.36. The lowest BCUT2D eigenvalue weighted by Crippen LogP contribution is -2.42.